The third-order valence-electron chi connectivity index (χ3n) is 4.71. The highest BCUT2D eigenvalue weighted by Crippen LogP contribution is 2.36. The first kappa shape index (κ1) is 21.9. The first-order valence-corrected chi connectivity index (χ1v) is 10.7. The minimum atomic E-state index is -0.578. The third kappa shape index (κ3) is 5.63. The first-order valence-electron chi connectivity index (χ1n) is 9.80. The first-order chi connectivity index (χ1) is 14.2. The van der Waals surface area contributed by atoms with E-state index in [-0.39, 0.29) is 24.8 Å². The van der Waals surface area contributed by atoms with Crippen molar-refractivity contribution >= 4 is 35.2 Å². The molecule has 0 aliphatic carbocycles. The van der Waals surface area contributed by atoms with Crippen LogP contribution < -0.4 is 5.32 Å². The van der Waals surface area contributed by atoms with Crippen molar-refractivity contribution in [2.24, 2.45) is 0 Å². The predicted octanol–water partition coefficient (Wildman–Crippen LogP) is 3.86. The van der Waals surface area contributed by atoms with Gasteiger partial charge in [0.05, 0.1) is 17.4 Å². The van der Waals surface area contributed by atoms with Crippen LogP contribution in [-0.4, -0.2) is 40.1 Å². The molecule has 0 fully saturated rings. The lowest BCUT2D eigenvalue weighted by Crippen LogP contribution is -2.47. The summed E-state index contributed by atoms with van der Waals surface area (Å²) in [6, 6.07) is 17.1. The highest BCUT2D eigenvalue weighted by Gasteiger charge is 2.31. The molecule has 1 atom stereocenters. The molecule has 3 rings (SSSR count). The Hall–Kier alpha value is -2.80. The number of anilines is 1. The van der Waals surface area contributed by atoms with Gasteiger partial charge in [0.25, 0.3) is 5.91 Å². The average molecular weight is 427 g/mol. The van der Waals surface area contributed by atoms with Crippen LogP contribution in [0.5, 0.6) is 0 Å². The van der Waals surface area contributed by atoms with Gasteiger partial charge in [-0.2, -0.15) is 0 Å². The SMILES string of the molecule is CC(C)(C)N(Cc1ccccc1)C(=O)COC(=O)C[C@H]1Sc2ccccc2NC1=O. The molecule has 0 spiro atoms. The van der Waals surface area contributed by atoms with E-state index in [1.807, 2.05) is 75.4 Å². The number of carbonyl (C=O) groups excluding carboxylic acids is 3. The lowest BCUT2D eigenvalue weighted by atomic mass is 10.0. The van der Waals surface area contributed by atoms with Crippen molar-refractivity contribution in [1.29, 1.82) is 0 Å². The molecule has 0 saturated carbocycles. The van der Waals surface area contributed by atoms with E-state index in [4.69, 9.17) is 4.74 Å². The van der Waals surface area contributed by atoms with E-state index < -0.39 is 16.8 Å². The third-order valence-corrected chi connectivity index (χ3v) is 5.98. The smallest absolute Gasteiger partial charge is 0.307 e. The highest BCUT2D eigenvalue weighted by molar-refractivity contribution is 8.01. The number of nitrogens with one attached hydrogen (secondary N) is 1. The number of benzene rings is 2. The van der Waals surface area contributed by atoms with Crippen molar-refractivity contribution in [3.05, 3.63) is 60.2 Å². The second-order valence-electron chi connectivity index (χ2n) is 8.09. The van der Waals surface area contributed by atoms with E-state index in [0.717, 1.165) is 16.1 Å². The van der Waals surface area contributed by atoms with Gasteiger partial charge >= 0.3 is 5.97 Å². The fourth-order valence-corrected chi connectivity index (χ4v) is 4.22. The normalized spacial score (nSPS) is 15.7. The molecule has 158 valence electrons. The van der Waals surface area contributed by atoms with Crippen LogP contribution in [0.4, 0.5) is 5.69 Å². The standard InChI is InChI=1S/C23H26N2O4S/c1-23(2,3)25(14-16-9-5-4-6-10-16)20(26)15-29-21(27)13-19-22(28)24-17-11-7-8-12-18(17)30-19/h4-12,19H,13-15H2,1-3H3,(H,24,28)/t19-/m1/s1. The van der Waals surface area contributed by atoms with Crippen LogP contribution in [0.2, 0.25) is 0 Å². The zero-order valence-electron chi connectivity index (χ0n) is 17.4. The lowest BCUT2D eigenvalue weighted by molar-refractivity contribution is -0.154. The number of para-hydroxylation sites is 1. The summed E-state index contributed by atoms with van der Waals surface area (Å²) in [4.78, 5) is 40.0. The second kappa shape index (κ2) is 9.34. The number of thioether (sulfide) groups is 1. The number of carbonyl (C=O) groups is 3. The Morgan fingerprint density at radius 2 is 1.73 bits per heavy atom. The molecular formula is C23H26N2O4S. The fourth-order valence-electron chi connectivity index (χ4n) is 3.12. The van der Waals surface area contributed by atoms with Crippen LogP contribution in [0.1, 0.15) is 32.8 Å². The van der Waals surface area contributed by atoms with Gasteiger partial charge in [0.1, 0.15) is 0 Å². The van der Waals surface area contributed by atoms with Gasteiger partial charge in [0.15, 0.2) is 6.61 Å². The maximum Gasteiger partial charge on any atom is 0.307 e. The number of esters is 1. The molecule has 30 heavy (non-hydrogen) atoms. The van der Waals surface area contributed by atoms with E-state index >= 15 is 0 Å². The Balaban J connectivity index is 1.56. The van der Waals surface area contributed by atoms with Gasteiger partial charge < -0.3 is 15.0 Å². The molecule has 0 bridgehead atoms. The van der Waals surface area contributed by atoms with E-state index in [2.05, 4.69) is 5.32 Å². The van der Waals surface area contributed by atoms with Gasteiger partial charge in [0.2, 0.25) is 5.91 Å². The molecule has 2 aromatic carbocycles. The van der Waals surface area contributed by atoms with Crippen molar-refractivity contribution in [2.75, 3.05) is 11.9 Å². The second-order valence-corrected chi connectivity index (χ2v) is 9.34. The molecule has 2 aromatic rings. The van der Waals surface area contributed by atoms with Gasteiger partial charge in [0, 0.05) is 17.0 Å². The lowest BCUT2D eigenvalue weighted by Gasteiger charge is -2.35. The van der Waals surface area contributed by atoms with Crippen LogP contribution in [0, 0.1) is 0 Å². The van der Waals surface area contributed by atoms with Gasteiger partial charge in [-0.25, -0.2) is 0 Å². The molecule has 1 aliphatic heterocycles. The Kier molecular flexibility index (Phi) is 6.82. The minimum Gasteiger partial charge on any atom is -0.456 e. The molecule has 0 unspecified atom stereocenters. The zero-order chi connectivity index (χ0) is 21.7. The Bertz CT molecular complexity index is 924. The van der Waals surface area contributed by atoms with Crippen molar-refractivity contribution in [3.63, 3.8) is 0 Å². The maximum absolute atomic E-state index is 12.8. The topological polar surface area (TPSA) is 75.7 Å². The van der Waals surface area contributed by atoms with Crippen LogP contribution >= 0.6 is 11.8 Å². The maximum atomic E-state index is 12.8. The Labute approximate surface area is 181 Å². The molecule has 1 aliphatic rings. The van der Waals surface area contributed by atoms with E-state index in [1.165, 1.54) is 11.8 Å². The number of nitrogens with zero attached hydrogens (tertiary/aromatic N) is 1. The number of amides is 2. The van der Waals surface area contributed by atoms with Crippen molar-refractivity contribution in [2.45, 2.75) is 49.4 Å². The number of hydrogen-bond acceptors (Lipinski definition) is 5. The summed E-state index contributed by atoms with van der Waals surface area (Å²) in [5.41, 5.74) is 1.32. The van der Waals surface area contributed by atoms with Crippen LogP contribution in [0.3, 0.4) is 0 Å². The van der Waals surface area contributed by atoms with Crippen LogP contribution in [0.15, 0.2) is 59.5 Å². The summed E-state index contributed by atoms with van der Waals surface area (Å²) in [6.45, 7) is 5.90. The van der Waals surface area contributed by atoms with Gasteiger partial charge in [-0.1, -0.05) is 42.5 Å². The van der Waals surface area contributed by atoms with E-state index in [9.17, 15) is 14.4 Å². The van der Waals surface area contributed by atoms with Crippen molar-refractivity contribution in [1.82, 2.24) is 4.90 Å². The number of ether oxygens (including phenoxy) is 1. The van der Waals surface area contributed by atoms with Crippen LogP contribution in [-0.2, 0) is 25.7 Å². The Morgan fingerprint density at radius 3 is 2.43 bits per heavy atom. The van der Waals surface area contributed by atoms with E-state index in [0.29, 0.717) is 6.54 Å². The molecule has 1 N–H and O–H groups in total. The molecule has 7 heteroatoms. The minimum absolute atomic E-state index is 0.0910. The largest absolute Gasteiger partial charge is 0.456 e. The van der Waals surface area contributed by atoms with Gasteiger partial charge in [-0.3, -0.25) is 14.4 Å². The van der Waals surface area contributed by atoms with E-state index in [1.54, 1.807) is 4.90 Å². The molecular weight excluding hydrogens is 400 g/mol. The number of fused-ring (bicyclic) bond motifs is 1. The van der Waals surface area contributed by atoms with Crippen molar-refractivity contribution in [3.8, 4) is 0 Å². The summed E-state index contributed by atoms with van der Waals surface area (Å²) < 4.78 is 5.23. The highest BCUT2D eigenvalue weighted by atomic mass is 32.2. The molecule has 0 radical (unpaired) electrons. The monoisotopic (exact) mass is 426 g/mol. The molecule has 0 saturated heterocycles. The molecule has 1 heterocycles. The van der Waals surface area contributed by atoms with Gasteiger partial charge in [-0.15, -0.1) is 11.8 Å². The molecule has 2 amide bonds. The molecule has 0 aromatic heterocycles. The van der Waals surface area contributed by atoms with Crippen LogP contribution in [0.25, 0.3) is 0 Å². The summed E-state index contributed by atoms with van der Waals surface area (Å²) in [7, 11) is 0. The van der Waals surface area contributed by atoms with Crippen molar-refractivity contribution < 1.29 is 19.1 Å². The quantitative estimate of drug-likeness (QED) is 0.710. The summed E-state index contributed by atoms with van der Waals surface area (Å²) in [6.07, 6.45) is -0.0910. The number of hydrogen-bond donors (Lipinski definition) is 1. The van der Waals surface area contributed by atoms with Gasteiger partial charge in [-0.05, 0) is 38.5 Å². The predicted molar refractivity (Wildman–Crippen MR) is 117 cm³/mol. The summed E-state index contributed by atoms with van der Waals surface area (Å²) in [5.74, 6) is -1.07. The number of rotatable bonds is 6. The Morgan fingerprint density at radius 1 is 1.07 bits per heavy atom. The zero-order valence-corrected chi connectivity index (χ0v) is 18.2. The molecule has 6 nitrogen and oxygen atoms in total. The fraction of sp³-hybridized carbons (Fsp3) is 0.348. The summed E-state index contributed by atoms with van der Waals surface area (Å²) in [5, 5.41) is 2.22. The summed E-state index contributed by atoms with van der Waals surface area (Å²) >= 11 is 1.33. The average Bonchev–Trinajstić information content (AvgIpc) is 2.71.